The van der Waals surface area contributed by atoms with Gasteiger partial charge in [-0.25, -0.2) is 0 Å². The minimum absolute atomic E-state index is 0.259. The van der Waals surface area contributed by atoms with Gasteiger partial charge in [-0.3, -0.25) is 0 Å². The van der Waals surface area contributed by atoms with Crippen molar-refractivity contribution in [3.05, 3.63) is 64.2 Å². The number of phenolic OH excluding ortho intramolecular Hbond substituents is 1. The molecular formula is C17H20ClNO2. The summed E-state index contributed by atoms with van der Waals surface area (Å²) in [4.78, 5) is 0. The van der Waals surface area contributed by atoms with Gasteiger partial charge in [0.25, 0.3) is 0 Å². The van der Waals surface area contributed by atoms with Gasteiger partial charge in [0.1, 0.15) is 5.75 Å². The number of aromatic hydroxyl groups is 1. The quantitative estimate of drug-likeness (QED) is 0.816. The molecule has 0 aliphatic heterocycles. The van der Waals surface area contributed by atoms with Crippen LogP contribution in [0.1, 0.15) is 23.6 Å². The Kier molecular flexibility index (Phi) is 6.05. The molecule has 0 unspecified atom stereocenters. The Hall–Kier alpha value is -1.55. The maximum atomic E-state index is 9.78. The molecular weight excluding hydrogens is 286 g/mol. The summed E-state index contributed by atoms with van der Waals surface area (Å²) in [6.45, 7) is 4.60. The first kappa shape index (κ1) is 15.8. The lowest BCUT2D eigenvalue weighted by Gasteiger charge is -2.11. The Bertz CT molecular complexity index is 587. The fraction of sp³-hybridized carbons (Fsp3) is 0.294. The van der Waals surface area contributed by atoms with Gasteiger partial charge in [-0.15, -0.1) is 0 Å². The lowest BCUT2D eigenvalue weighted by atomic mass is 10.1. The van der Waals surface area contributed by atoms with E-state index in [-0.39, 0.29) is 5.75 Å². The number of rotatable bonds is 7. The molecule has 0 fully saturated rings. The number of hydrogen-bond acceptors (Lipinski definition) is 3. The summed E-state index contributed by atoms with van der Waals surface area (Å²) in [5.41, 5.74) is 3.18. The third kappa shape index (κ3) is 4.74. The normalized spacial score (nSPS) is 10.8. The van der Waals surface area contributed by atoms with Crippen molar-refractivity contribution in [3.8, 4) is 5.75 Å². The van der Waals surface area contributed by atoms with Crippen molar-refractivity contribution in [3.63, 3.8) is 0 Å². The number of hydrogen-bond donors (Lipinski definition) is 2. The van der Waals surface area contributed by atoms with E-state index >= 15 is 0 Å². The van der Waals surface area contributed by atoms with Crippen LogP contribution in [0.25, 0.3) is 0 Å². The molecule has 0 aromatic heterocycles. The number of halogens is 1. The highest BCUT2D eigenvalue weighted by atomic mass is 35.5. The second kappa shape index (κ2) is 8.03. The van der Waals surface area contributed by atoms with E-state index in [1.54, 1.807) is 18.2 Å². The lowest BCUT2D eigenvalue weighted by molar-refractivity contribution is 0.133. The Labute approximate surface area is 130 Å². The van der Waals surface area contributed by atoms with Crippen molar-refractivity contribution in [2.45, 2.75) is 26.6 Å². The maximum absolute atomic E-state index is 9.78. The van der Waals surface area contributed by atoms with E-state index in [0.717, 1.165) is 12.1 Å². The smallest absolute Gasteiger partial charge is 0.120 e. The number of phenols is 1. The van der Waals surface area contributed by atoms with Gasteiger partial charge in [0.2, 0.25) is 0 Å². The van der Waals surface area contributed by atoms with E-state index in [2.05, 4.69) is 17.4 Å². The fourth-order valence-corrected chi connectivity index (χ4v) is 2.30. The molecule has 0 bridgehead atoms. The lowest BCUT2D eigenvalue weighted by Crippen LogP contribution is -2.14. The van der Waals surface area contributed by atoms with Crippen molar-refractivity contribution in [2.24, 2.45) is 0 Å². The number of benzene rings is 2. The van der Waals surface area contributed by atoms with E-state index in [4.69, 9.17) is 16.3 Å². The first-order chi connectivity index (χ1) is 10.2. The van der Waals surface area contributed by atoms with E-state index in [1.807, 2.05) is 19.1 Å². The van der Waals surface area contributed by atoms with Gasteiger partial charge >= 0.3 is 0 Å². The van der Waals surface area contributed by atoms with Gasteiger partial charge in [-0.1, -0.05) is 35.9 Å². The summed E-state index contributed by atoms with van der Waals surface area (Å²) in [6.07, 6.45) is 0. The molecule has 112 valence electrons. The second-order valence-electron chi connectivity index (χ2n) is 4.78. The molecule has 2 aromatic rings. The van der Waals surface area contributed by atoms with Crippen LogP contribution < -0.4 is 5.32 Å². The largest absolute Gasteiger partial charge is 0.508 e. The molecule has 0 amide bonds. The predicted molar refractivity (Wildman–Crippen MR) is 85.4 cm³/mol. The molecule has 0 aliphatic rings. The van der Waals surface area contributed by atoms with Crippen LogP contribution in [0.3, 0.4) is 0 Å². The summed E-state index contributed by atoms with van der Waals surface area (Å²) in [6, 6.07) is 13.3. The molecule has 4 heteroatoms. The van der Waals surface area contributed by atoms with E-state index in [1.165, 1.54) is 11.1 Å². The van der Waals surface area contributed by atoms with Crippen LogP contribution in [-0.4, -0.2) is 11.7 Å². The molecule has 3 nitrogen and oxygen atoms in total. The van der Waals surface area contributed by atoms with E-state index < -0.39 is 0 Å². The molecule has 0 spiro atoms. The highest BCUT2D eigenvalue weighted by molar-refractivity contribution is 6.30. The van der Waals surface area contributed by atoms with Crippen LogP contribution in [-0.2, 0) is 24.4 Å². The second-order valence-corrected chi connectivity index (χ2v) is 5.22. The van der Waals surface area contributed by atoms with Crippen LogP contribution in [0, 0.1) is 0 Å². The Balaban J connectivity index is 1.95. The molecule has 0 heterocycles. The monoisotopic (exact) mass is 305 g/mol. The van der Waals surface area contributed by atoms with Crippen LogP contribution in [0.15, 0.2) is 42.5 Å². The molecule has 0 atom stereocenters. The van der Waals surface area contributed by atoms with Crippen LogP contribution >= 0.6 is 11.6 Å². The van der Waals surface area contributed by atoms with Gasteiger partial charge in [0.15, 0.2) is 0 Å². The Morgan fingerprint density at radius 3 is 2.52 bits per heavy atom. The third-order valence-electron chi connectivity index (χ3n) is 3.25. The summed E-state index contributed by atoms with van der Waals surface area (Å²) >= 11 is 5.94. The number of nitrogens with one attached hydrogen (secondary N) is 1. The van der Waals surface area contributed by atoms with E-state index in [9.17, 15) is 5.11 Å². The van der Waals surface area contributed by atoms with Crippen LogP contribution in [0.2, 0.25) is 5.02 Å². The summed E-state index contributed by atoms with van der Waals surface area (Å²) in [7, 11) is 0. The van der Waals surface area contributed by atoms with Gasteiger partial charge in [0.05, 0.1) is 6.61 Å². The average molecular weight is 306 g/mol. The zero-order valence-electron chi connectivity index (χ0n) is 12.1. The SMILES string of the molecule is CCOCc1ccccc1CNCc1cc(Cl)ccc1O. The van der Waals surface area contributed by atoms with E-state index in [0.29, 0.717) is 24.8 Å². The molecule has 2 rings (SSSR count). The van der Waals surface area contributed by atoms with Crippen molar-refractivity contribution in [1.29, 1.82) is 0 Å². The predicted octanol–water partition coefficient (Wildman–Crippen LogP) is 3.87. The highest BCUT2D eigenvalue weighted by Gasteiger charge is 2.04. The van der Waals surface area contributed by atoms with Gasteiger partial charge in [-0.2, -0.15) is 0 Å². The zero-order chi connectivity index (χ0) is 15.1. The van der Waals surface area contributed by atoms with Crippen molar-refractivity contribution < 1.29 is 9.84 Å². The molecule has 0 saturated heterocycles. The van der Waals surface area contributed by atoms with Crippen molar-refractivity contribution in [1.82, 2.24) is 5.32 Å². The summed E-state index contributed by atoms with van der Waals surface area (Å²) in [5.74, 6) is 0.259. The minimum Gasteiger partial charge on any atom is -0.508 e. The molecule has 2 N–H and O–H groups in total. The summed E-state index contributed by atoms with van der Waals surface area (Å²) in [5, 5.41) is 13.7. The molecule has 0 aliphatic carbocycles. The standard InChI is InChI=1S/C17H20ClNO2/c1-2-21-12-14-6-4-3-5-13(14)10-19-11-15-9-16(18)7-8-17(15)20/h3-9,19-20H,2,10-12H2,1H3. The van der Waals surface area contributed by atoms with Gasteiger partial charge < -0.3 is 15.2 Å². The molecule has 0 radical (unpaired) electrons. The molecule has 0 saturated carbocycles. The first-order valence-electron chi connectivity index (χ1n) is 7.03. The average Bonchev–Trinajstić information content (AvgIpc) is 2.50. The summed E-state index contributed by atoms with van der Waals surface area (Å²) < 4.78 is 5.47. The zero-order valence-corrected chi connectivity index (χ0v) is 12.9. The van der Waals surface area contributed by atoms with Crippen molar-refractivity contribution >= 4 is 11.6 Å². The van der Waals surface area contributed by atoms with Crippen LogP contribution in [0.5, 0.6) is 5.75 Å². The first-order valence-corrected chi connectivity index (χ1v) is 7.41. The fourth-order valence-electron chi connectivity index (χ4n) is 2.11. The molecule has 21 heavy (non-hydrogen) atoms. The third-order valence-corrected chi connectivity index (χ3v) is 3.49. The van der Waals surface area contributed by atoms with Crippen LogP contribution in [0.4, 0.5) is 0 Å². The minimum atomic E-state index is 0.259. The highest BCUT2D eigenvalue weighted by Crippen LogP contribution is 2.21. The topological polar surface area (TPSA) is 41.5 Å². The maximum Gasteiger partial charge on any atom is 0.120 e. The Morgan fingerprint density at radius 1 is 1.05 bits per heavy atom. The van der Waals surface area contributed by atoms with Crippen molar-refractivity contribution in [2.75, 3.05) is 6.61 Å². The Morgan fingerprint density at radius 2 is 1.76 bits per heavy atom. The molecule has 2 aromatic carbocycles. The number of ether oxygens (including phenoxy) is 1. The van der Waals surface area contributed by atoms with Gasteiger partial charge in [0, 0.05) is 30.3 Å². The van der Waals surface area contributed by atoms with Gasteiger partial charge in [-0.05, 0) is 36.2 Å².